The Balaban J connectivity index is 0.00000180. The first-order valence-corrected chi connectivity index (χ1v) is 6.44. The molecular formula is C13H16CaN2O2S. The molecule has 98 valence electrons. The number of rotatable bonds is 3. The molecule has 1 unspecified atom stereocenters. The van der Waals surface area contributed by atoms with Crippen LogP contribution in [0.4, 0.5) is 5.69 Å². The molecular weight excluding hydrogens is 288 g/mol. The Hall–Kier alpha value is -0.620. The third-order valence-electron chi connectivity index (χ3n) is 2.75. The van der Waals surface area contributed by atoms with Gasteiger partial charge in [-0.3, -0.25) is 4.79 Å². The molecule has 0 spiro atoms. The molecule has 1 atom stereocenters. The Bertz CT molecular complexity index is 619. The molecule has 2 aromatic rings. The number of hydrogen-bond acceptors (Lipinski definition) is 3. The van der Waals surface area contributed by atoms with Gasteiger partial charge in [-0.25, -0.2) is 4.99 Å². The predicted molar refractivity (Wildman–Crippen MR) is 79.5 cm³/mol. The molecule has 0 radical (unpaired) electrons. The summed E-state index contributed by atoms with van der Waals surface area (Å²) < 4.78 is 1.83. The maximum absolute atomic E-state index is 11.0. The van der Waals surface area contributed by atoms with Gasteiger partial charge in [0.25, 0.3) is 0 Å². The Kier molecular flexibility index (Phi) is 6.26. The zero-order valence-electron chi connectivity index (χ0n) is 10.2. The van der Waals surface area contributed by atoms with Gasteiger partial charge in [-0.05, 0) is 19.1 Å². The molecule has 2 rings (SSSR count). The molecule has 0 aliphatic rings. The molecule has 0 bridgehead atoms. The maximum atomic E-state index is 11.0. The van der Waals surface area contributed by atoms with Crippen LogP contribution in [0.2, 0.25) is 0 Å². The quantitative estimate of drug-likeness (QED) is 0.876. The molecule has 0 amide bonds. The Morgan fingerprint density at radius 2 is 2.00 bits per heavy atom. The van der Waals surface area contributed by atoms with Crippen LogP contribution < -0.4 is 4.80 Å². The summed E-state index contributed by atoms with van der Waals surface area (Å²) in [7, 11) is 1.84. The second-order valence-electron chi connectivity index (χ2n) is 4.01. The van der Waals surface area contributed by atoms with Gasteiger partial charge < -0.3 is 9.67 Å². The zero-order valence-corrected chi connectivity index (χ0v) is 11.0. The van der Waals surface area contributed by atoms with E-state index in [2.05, 4.69) is 4.99 Å². The third kappa shape index (κ3) is 3.92. The van der Waals surface area contributed by atoms with Gasteiger partial charge in [-0.15, -0.1) is 11.3 Å². The van der Waals surface area contributed by atoms with Gasteiger partial charge in [-0.2, -0.15) is 0 Å². The van der Waals surface area contributed by atoms with E-state index in [9.17, 15) is 4.79 Å². The van der Waals surface area contributed by atoms with Gasteiger partial charge in [0.15, 0.2) is 4.80 Å². The first kappa shape index (κ1) is 16.4. The van der Waals surface area contributed by atoms with Crippen molar-refractivity contribution in [1.82, 2.24) is 4.57 Å². The van der Waals surface area contributed by atoms with Crippen molar-refractivity contribution in [3.05, 3.63) is 46.2 Å². The number of carbonyl (C=O) groups is 1. The van der Waals surface area contributed by atoms with Crippen LogP contribution in [0.3, 0.4) is 0 Å². The predicted octanol–water partition coefficient (Wildman–Crippen LogP) is 1.59. The molecule has 1 heterocycles. The summed E-state index contributed by atoms with van der Waals surface area (Å²) in [6.07, 6.45) is 0. The summed E-state index contributed by atoms with van der Waals surface area (Å²) in [4.78, 5) is 16.3. The van der Waals surface area contributed by atoms with Crippen molar-refractivity contribution < 1.29 is 9.90 Å². The molecule has 1 N–H and O–H groups in total. The van der Waals surface area contributed by atoms with E-state index >= 15 is 0 Å². The van der Waals surface area contributed by atoms with Crippen molar-refractivity contribution in [2.75, 3.05) is 0 Å². The first-order chi connectivity index (χ1) is 8.59. The van der Waals surface area contributed by atoms with E-state index < -0.39 is 11.9 Å². The minimum atomic E-state index is -0.824. The summed E-state index contributed by atoms with van der Waals surface area (Å²) in [6, 6.07) is 9.62. The van der Waals surface area contributed by atoms with Crippen LogP contribution in [0.15, 0.2) is 40.7 Å². The van der Waals surface area contributed by atoms with E-state index in [4.69, 9.17) is 5.11 Å². The number of aliphatic carboxylic acids is 1. The molecule has 0 aliphatic carbocycles. The van der Waals surface area contributed by atoms with E-state index in [0.717, 1.165) is 16.2 Å². The van der Waals surface area contributed by atoms with E-state index in [-0.39, 0.29) is 37.7 Å². The average molecular weight is 304 g/mol. The molecule has 0 fully saturated rings. The molecule has 1 aromatic heterocycles. The van der Waals surface area contributed by atoms with Crippen LogP contribution in [-0.4, -0.2) is 53.4 Å². The minimum absolute atomic E-state index is 0. The fraction of sp³-hybridized carbons (Fsp3) is 0.231. The average Bonchev–Trinajstić information content (AvgIpc) is 2.71. The van der Waals surface area contributed by atoms with Crippen molar-refractivity contribution in [2.24, 2.45) is 12.0 Å². The third-order valence-corrected chi connectivity index (χ3v) is 3.69. The first-order valence-electron chi connectivity index (χ1n) is 5.56. The van der Waals surface area contributed by atoms with Gasteiger partial charge in [0.05, 0.1) is 11.6 Å². The van der Waals surface area contributed by atoms with Crippen molar-refractivity contribution in [1.29, 1.82) is 0 Å². The number of nitrogens with zero attached hydrogens (tertiary/aromatic N) is 2. The van der Waals surface area contributed by atoms with Crippen molar-refractivity contribution in [3.8, 4) is 0 Å². The number of carboxylic acids is 1. The standard InChI is InChI=1S/C13H14N2O2S.Ca.2H/c1-9(12(16)17)11-8-18-13(15(11)2)14-10-6-4-3-5-7-10;;;/h3-9H,1-2H3,(H,16,17);;;. The van der Waals surface area contributed by atoms with Crippen LogP contribution >= 0.6 is 11.3 Å². The van der Waals surface area contributed by atoms with Crippen molar-refractivity contribution >= 4 is 60.7 Å². The van der Waals surface area contributed by atoms with Gasteiger partial charge in [0.1, 0.15) is 0 Å². The number of hydrogen-bond donors (Lipinski definition) is 1. The van der Waals surface area contributed by atoms with Gasteiger partial charge in [0, 0.05) is 18.1 Å². The molecule has 1 aromatic carbocycles. The van der Waals surface area contributed by atoms with Gasteiger partial charge >= 0.3 is 43.7 Å². The Morgan fingerprint density at radius 1 is 1.37 bits per heavy atom. The summed E-state index contributed by atoms with van der Waals surface area (Å²) in [5.74, 6) is -1.35. The molecule has 0 saturated carbocycles. The van der Waals surface area contributed by atoms with Gasteiger partial charge in [-0.1, -0.05) is 18.2 Å². The monoisotopic (exact) mass is 304 g/mol. The van der Waals surface area contributed by atoms with Crippen LogP contribution in [0, 0.1) is 0 Å². The molecule has 6 heteroatoms. The topological polar surface area (TPSA) is 54.6 Å². The second-order valence-corrected chi connectivity index (χ2v) is 4.85. The van der Waals surface area contributed by atoms with Crippen LogP contribution in [0.1, 0.15) is 18.5 Å². The van der Waals surface area contributed by atoms with Crippen molar-refractivity contribution in [3.63, 3.8) is 0 Å². The summed E-state index contributed by atoms with van der Waals surface area (Å²) >= 11 is 1.45. The summed E-state index contributed by atoms with van der Waals surface area (Å²) in [5, 5.41) is 10.9. The van der Waals surface area contributed by atoms with E-state index in [1.165, 1.54) is 11.3 Å². The van der Waals surface area contributed by atoms with Crippen LogP contribution in [0.25, 0.3) is 0 Å². The number of carboxylic acid groups (broad SMARTS) is 1. The molecule has 0 saturated heterocycles. The van der Waals surface area contributed by atoms with E-state index in [1.807, 2.05) is 47.3 Å². The summed E-state index contributed by atoms with van der Waals surface area (Å²) in [5.41, 5.74) is 1.63. The fourth-order valence-corrected chi connectivity index (χ4v) is 2.63. The van der Waals surface area contributed by atoms with Crippen LogP contribution in [0.5, 0.6) is 0 Å². The number of aromatic nitrogens is 1. The van der Waals surface area contributed by atoms with E-state index in [0.29, 0.717) is 0 Å². The SMILES string of the molecule is CC(C(=O)O)c1csc(=Nc2ccccc2)n1C.[CaH2]. The van der Waals surface area contributed by atoms with E-state index in [1.54, 1.807) is 6.92 Å². The molecule has 0 aliphatic heterocycles. The zero-order chi connectivity index (χ0) is 13.1. The van der Waals surface area contributed by atoms with Crippen molar-refractivity contribution in [2.45, 2.75) is 12.8 Å². The number of thiazole rings is 1. The second kappa shape index (κ2) is 7.24. The fourth-order valence-electron chi connectivity index (χ4n) is 1.61. The van der Waals surface area contributed by atoms with Crippen LogP contribution in [-0.2, 0) is 11.8 Å². The van der Waals surface area contributed by atoms with Gasteiger partial charge in [0.2, 0.25) is 0 Å². The number of benzene rings is 1. The normalized spacial score (nSPS) is 12.8. The summed E-state index contributed by atoms with van der Waals surface area (Å²) in [6.45, 7) is 1.68. The Morgan fingerprint density at radius 3 is 2.58 bits per heavy atom. The number of para-hydroxylation sites is 1. The Labute approximate surface area is 145 Å². The molecule has 19 heavy (non-hydrogen) atoms. The molecule has 4 nitrogen and oxygen atoms in total.